The van der Waals surface area contributed by atoms with Gasteiger partial charge in [-0.3, -0.25) is 9.20 Å². The molecule has 0 radical (unpaired) electrons. The highest BCUT2D eigenvalue weighted by atomic mass is 19.1. The lowest BCUT2D eigenvalue weighted by Gasteiger charge is -2.13. The van der Waals surface area contributed by atoms with E-state index in [4.69, 9.17) is 5.73 Å². The number of nitrogens with one attached hydrogen (secondary N) is 1. The molecular formula is C23H21F2N5O3. The van der Waals surface area contributed by atoms with Gasteiger partial charge in [0.2, 0.25) is 0 Å². The van der Waals surface area contributed by atoms with Crippen LogP contribution in [0.4, 0.5) is 20.3 Å². The van der Waals surface area contributed by atoms with Gasteiger partial charge >= 0.3 is 0 Å². The lowest BCUT2D eigenvalue weighted by atomic mass is 10.0. The minimum Gasteiger partial charge on any atom is -0.388 e. The van der Waals surface area contributed by atoms with Gasteiger partial charge in [0.15, 0.2) is 6.10 Å². The summed E-state index contributed by atoms with van der Waals surface area (Å²) in [5.41, 5.74) is 9.47. The van der Waals surface area contributed by atoms with Gasteiger partial charge in [-0.25, -0.2) is 18.7 Å². The first-order chi connectivity index (χ1) is 15.7. The van der Waals surface area contributed by atoms with Crippen molar-refractivity contribution in [3.8, 4) is 11.3 Å². The number of nitrogens with zero attached hydrogens (tertiary/aromatic N) is 3. The Hall–Kier alpha value is -3.89. The monoisotopic (exact) mass is 453 g/mol. The van der Waals surface area contributed by atoms with Crippen LogP contribution in [0.5, 0.6) is 0 Å². The van der Waals surface area contributed by atoms with Gasteiger partial charge in [-0.1, -0.05) is 6.07 Å². The maximum absolute atomic E-state index is 13.4. The number of aliphatic hydroxyl groups excluding tert-OH is 2. The number of hydrogen-bond acceptors (Lipinski definition) is 6. The number of carbonyl (C=O) groups excluding carboxylic acids is 1. The van der Waals surface area contributed by atoms with Crippen LogP contribution in [0.1, 0.15) is 28.7 Å². The van der Waals surface area contributed by atoms with Crippen molar-refractivity contribution in [2.24, 2.45) is 0 Å². The number of benzene rings is 2. The van der Waals surface area contributed by atoms with E-state index in [0.717, 1.165) is 17.7 Å². The second-order valence-electron chi connectivity index (χ2n) is 7.65. The molecule has 0 saturated carbocycles. The van der Waals surface area contributed by atoms with Gasteiger partial charge < -0.3 is 21.3 Å². The average molecular weight is 453 g/mol. The number of aryl methyl sites for hydroxylation is 2. The third kappa shape index (κ3) is 4.26. The smallest absolute Gasteiger partial charge is 0.257 e. The van der Waals surface area contributed by atoms with E-state index in [1.165, 1.54) is 0 Å². The van der Waals surface area contributed by atoms with Crippen LogP contribution < -0.4 is 11.1 Å². The summed E-state index contributed by atoms with van der Waals surface area (Å²) in [4.78, 5) is 21.2. The Bertz CT molecular complexity index is 1370. The Morgan fingerprint density at radius 2 is 1.85 bits per heavy atom. The molecule has 170 valence electrons. The molecule has 0 aliphatic heterocycles. The molecule has 2 aromatic heterocycles. The first-order valence-corrected chi connectivity index (χ1v) is 9.98. The topological polar surface area (TPSA) is 126 Å². The number of rotatable bonds is 5. The summed E-state index contributed by atoms with van der Waals surface area (Å²) in [6, 6.07) is 7.41. The second-order valence-corrected chi connectivity index (χ2v) is 7.65. The third-order valence-corrected chi connectivity index (χ3v) is 5.18. The minimum absolute atomic E-state index is 0.197. The molecule has 4 rings (SSSR count). The summed E-state index contributed by atoms with van der Waals surface area (Å²) in [6.07, 6.45) is -0.0256. The molecule has 8 nitrogen and oxygen atoms in total. The number of anilines is 2. The zero-order chi connectivity index (χ0) is 23.9. The molecule has 1 amide bonds. The van der Waals surface area contributed by atoms with Crippen LogP contribution in [0.25, 0.3) is 16.8 Å². The zero-order valence-corrected chi connectivity index (χ0v) is 17.8. The Labute approximate surface area is 187 Å². The van der Waals surface area contributed by atoms with Crippen LogP contribution in [0.15, 0.2) is 42.6 Å². The van der Waals surface area contributed by atoms with Gasteiger partial charge in [-0.15, -0.1) is 0 Å². The SMILES string of the molecule is Cc1cn2c(CO)nc(-c3ccc(NC(=O)C(O)c4cc(F)cc(F)c4)cc3C)c2c(N)n1. The third-order valence-electron chi connectivity index (χ3n) is 5.18. The quantitative estimate of drug-likeness (QED) is 0.368. The molecule has 0 aliphatic carbocycles. The summed E-state index contributed by atoms with van der Waals surface area (Å²) in [5, 5.41) is 22.4. The Kier molecular flexibility index (Phi) is 5.79. The van der Waals surface area contributed by atoms with E-state index < -0.39 is 23.6 Å². The van der Waals surface area contributed by atoms with Gasteiger partial charge in [0.05, 0.1) is 5.69 Å². The largest absolute Gasteiger partial charge is 0.388 e. The number of carbonyl (C=O) groups is 1. The highest BCUT2D eigenvalue weighted by Crippen LogP contribution is 2.32. The van der Waals surface area contributed by atoms with Crippen LogP contribution in [-0.2, 0) is 11.4 Å². The van der Waals surface area contributed by atoms with E-state index in [9.17, 15) is 23.8 Å². The fraction of sp³-hybridized carbons (Fsp3) is 0.174. The van der Waals surface area contributed by atoms with Crippen molar-refractivity contribution in [1.29, 1.82) is 0 Å². The summed E-state index contributed by atoms with van der Waals surface area (Å²) in [7, 11) is 0. The van der Waals surface area contributed by atoms with Crippen molar-refractivity contribution in [3.63, 3.8) is 0 Å². The highest BCUT2D eigenvalue weighted by Gasteiger charge is 2.21. The van der Waals surface area contributed by atoms with Crippen molar-refractivity contribution in [1.82, 2.24) is 14.4 Å². The first kappa shape index (κ1) is 22.3. The normalized spacial score (nSPS) is 12.2. The van der Waals surface area contributed by atoms with Gasteiger partial charge in [0.1, 0.15) is 41.1 Å². The predicted molar refractivity (Wildman–Crippen MR) is 118 cm³/mol. The number of imidazole rings is 1. The van der Waals surface area contributed by atoms with Crippen molar-refractivity contribution < 1.29 is 23.8 Å². The molecule has 0 spiro atoms. The number of nitrogens with two attached hydrogens (primary N) is 1. The van der Waals surface area contributed by atoms with Crippen LogP contribution in [-0.4, -0.2) is 30.5 Å². The standard InChI is InChI=1S/C23H21F2N5O3/c1-11-5-16(28-23(33)21(32)13-6-14(24)8-15(25)7-13)3-4-17(11)19-20-22(26)27-12(2)9-30(20)18(10-31)29-19/h3-9,21,31-32H,10H2,1-2H3,(H2,26,27)(H,28,33). The van der Waals surface area contributed by atoms with E-state index in [2.05, 4.69) is 15.3 Å². The number of aliphatic hydroxyl groups is 2. The summed E-state index contributed by atoms with van der Waals surface area (Å²) < 4.78 is 28.5. The molecule has 1 atom stereocenters. The highest BCUT2D eigenvalue weighted by molar-refractivity contribution is 5.95. The fourth-order valence-electron chi connectivity index (χ4n) is 3.72. The molecule has 1 unspecified atom stereocenters. The van der Waals surface area contributed by atoms with Crippen molar-refractivity contribution >= 4 is 22.9 Å². The molecule has 4 aromatic rings. The number of hydrogen-bond donors (Lipinski definition) is 4. The lowest BCUT2D eigenvalue weighted by Crippen LogP contribution is -2.21. The van der Waals surface area contributed by atoms with E-state index in [0.29, 0.717) is 40.0 Å². The Morgan fingerprint density at radius 1 is 1.15 bits per heavy atom. The second kappa shape index (κ2) is 8.57. The number of halogens is 2. The van der Waals surface area contributed by atoms with E-state index in [1.54, 1.807) is 42.6 Å². The van der Waals surface area contributed by atoms with Gasteiger partial charge in [0, 0.05) is 23.5 Å². The van der Waals surface area contributed by atoms with Gasteiger partial charge in [-0.2, -0.15) is 0 Å². The fourth-order valence-corrected chi connectivity index (χ4v) is 3.72. The number of amides is 1. The molecule has 2 aromatic carbocycles. The van der Waals surface area contributed by atoms with Gasteiger partial charge in [0.25, 0.3) is 5.91 Å². The summed E-state index contributed by atoms with van der Waals surface area (Å²) >= 11 is 0. The Balaban J connectivity index is 1.65. The number of fused-ring (bicyclic) bond motifs is 1. The molecular weight excluding hydrogens is 432 g/mol. The lowest BCUT2D eigenvalue weighted by molar-refractivity contribution is -0.124. The van der Waals surface area contributed by atoms with Crippen LogP contribution in [0, 0.1) is 25.5 Å². The molecule has 10 heteroatoms. The van der Waals surface area contributed by atoms with Crippen molar-refractivity contribution in [2.75, 3.05) is 11.1 Å². The maximum atomic E-state index is 13.4. The van der Waals surface area contributed by atoms with Crippen molar-refractivity contribution in [2.45, 2.75) is 26.6 Å². The van der Waals surface area contributed by atoms with E-state index in [1.807, 2.05) is 0 Å². The van der Waals surface area contributed by atoms with E-state index in [-0.39, 0.29) is 18.0 Å². The molecule has 33 heavy (non-hydrogen) atoms. The molecule has 5 N–H and O–H groups in total. The zero-order valence-electron chi connectivity index (χ0n) is 17.8. The molecule has 0 bridgehead atoms. The number of aromatic nitrogens is 3. The van der Waals surface area contributed by atoms with Crippen LogP contribution in [0.2, 0.25) is 0 Å². The van der Waals surface area contributed by atoms with Crippen LogP contribution in [0.3, 0.4) is 0 Å². The molecule has 2 heterocycles. The summed E-state index contributed by atoms with van der Waals surface area (Å²) in [6.45, 7) is 3.28. The van der Waals surface area contributed by atoms with Gasteiger partial charge in [-0.05, 0) is 49.2 Å². The average Bonchev–Trinajstić information content (AvgIpc) is 3.11. The van der Waals surface area contributed by atoms with Crippen molar-refractivity contribution in [3.05, 3.63) is 76.9 Å². The first-order valence-electron chi connectivity index (χ1n) is 9.98. The van der Waals surface area contributed by atoms with Crippen LogP contribution >= 0.6 is 0 Å². The maximum Gasteiger partial charge on any atom is 0.257 e. The number of nitrogen functional groups attached to an aromatic ring is 1. The summed E-state index contributed by atoms with van der Waals surface area (Å²) in [5.74, 6) is -1.96. The predicted octanol–water partition coefficient (Wildman–Crippen LogP) is 3.04. The molecule has 0 aliphatic rings. The van der Waals surface area contributed by atoms with E-state index >= 15 is 0 Å². The molecule has 0 saturated heterocycles. The minimum atomic E-state index is -1.76. The Morgan fingerprint density at radius 3 is 2.48 bits per heavy atom. The molecule has 0 fully saturated rings.